The van der Waals surface area contributed by atoms with E-state index in [4.69, 9.17) is 5.73 Å². The Morgan fingerprint density at radius 1 is 1.17 bits per heavy atom. The molecule has 1 aromatic heterocycles. The van der Waals surface area contributed by atoms with Crippen molar-refractivity contribution in [1.82, 2.24) is 0 Å². The Hall–Kier alpha value is -0.340. The van der Waals surface area contributed by atoms with Crippen LogP contribution >= 0.6 is 11.3 Å². The van der Waals surface area contributed by atoms with Crippen molar-refractivity contribution in [3.8, 4) is 0 Å². The van der Waals surface area contributed by atoms with Gasteiger partial charge in [-0.05, 0) is 60.9 Å². The molecule has 2 fully saturated rings. The average molecular weight is 263 g/mol. The van der Waals surface area contributed by atoms with Crippen molar-refractivity contribution in [2.45, 2.75) is 57.9 Å². The van der Waals surface area contributed by atoms with Crippen LogP contribution < -0.4 is 5.73 Å². The van der Waals surface area contributed by atoms with Crippen molar-refractivity contribution >= 4 is 11.3 Å². The molecule has 0 aliphatic heterocycles. The van der Waals surface area contributed by atoms with E-state index in [1.165, 1.54) is 55.4 Å². The molecule has 18 heavy (non-hydrogen) atoms. The molecular formula is C16H25NS. The van der Waals surface area contributed by atoms with E-state index in [9.17, 15) is 0 Å². The maximum Gasteiger partial charge on any atom is 0.0332 e. The fraction of sp³-hybridized carbons (Fsp3) is 0.750. The van der Waals surface area contributed by atoms with Gasteiger partial charge in [0.05, 0.1) is 0 Å². The lowest BCUT2D eigenvalue weighted by Gasteiger charge is -2.41. The second-order valence-corrected chi connectivity index (χ2v) is 7.51. The monoisotopic (exact) mass is 263 g/mol. The van der Waals surface area contributed by atoms with Gasteiger partial charge in [0.1, 0.15) is 0 Å². The lowest BCUT2D eigenvalue weighted by Crippen LogP contribution is -2.32. The van der Waals surface area contributed by atoms with Crippen molar-refractivity contribution in [2.24, 2.45) is 23.5 Å². The summed E-state index contributed by atoms with van der Waals surface area (Å²) in [5.74, 6) is 2.76. The third kappa shape index (κ3) is 2.50. The zero-order chi connectivity index (χ0) is 12.5. The smallest absolute Gasteiger partial charge is 0.0332 e. The van der Waals surface area contributed by atoms with Crippen LogP contribution in [0.4, 0.5) is 0 Å². The van der Waals surface area contributed by atoms with E-state index in [1.54, 1.807) is 0 Å². The van der Waals surface area contributed by atoms with E-state index in [1.807, 2.05) is 11.3 Å². The summed E-state index contributed by atoms with van der Waals surface area (Å²) in [6.45, 7) is 2.18. The Labute approximate surface area is 115 Å². The van der Waals surface area contributed by atoms with Crippen molar-refractivity contribution < 1.29 is 0 Å². The maximum absolute atomic E-state index is 6.51. The van der Waals surface area contributed by atoms with E-state index < -0.39 is 0 Å². The minimum absolute atomic E-state index is 0.290. The molecule has 4 atom stereocenters. The van der Waals surface area contributed by atoms with Gasteiger partial charge in [-0.15, -0.1) is 11.3 Å². The minimum Gasteiger partial charge on any atom is -0.324 e. The third-order valence-corrected chi connectivity index (χ3v) is 6.10. The van der Waals surface area contributed by atoms with Gasteiger partial charge in [-0.2, -0.15) is 0 Å². The van der Waals surface area contributed by atoms with Gasteiger partial charge in [-0.3, -0.25) is 0 Å². The Balaban J connectivity index is 1.66. The van der Waals surface area contributed by atoms with Gasteiger partial charge in [-0.1, -0.05) is 25.7 Å². The first-order valence-corrected chi connectivity index (χ1v) is 8.42. The van der Waals surface area contributed by atoms with Gasteiger partial charge in [-0.25, -0.2) is 0 Å². The molecule has 2 N–H and O–H groups in total. The molecule has 0 bridgehead atoms. The largest absolute Gasteiger partial charge is 0.324 e. The van der Waals surface area contributed by atoms with Crippen LogP contribution in [0.25, 0.3) is 0 Å². The van der Waals surface area contributed by atoms with Crippen molar-refractivity contribution in [3.05, 3.63) is 21.9 Å². The van der Waals surface area contributed by atoms with Gasteiger partial charge in [0, 0.05) is 10.9 Å². The first-order chi connectivity index (χ1) is 8.74. The number of hydrogen-bond acceptors (Lipinski definition) is 2. The molecule has 3 rings (SSSR count). The molecule has 0 aromatic carbocycles. The van der Waals surface area contributed by atoms with Gasteiger partial charge in [0.15, 0.2) is 0 Å². The predicted molar refractivity (Wildman–Crippen MR) is 78.8 cm³/mol. The van der Waals surface area contributed by atoms with Gasteiger partial charge in [0.2, 0.25) is 0 Å². The average Bonchev–Trinajstić information content (AvgIpc) is 2.84. The topological polar surface area (TPSA) is 26.0 Å². The van der Waals surface area contributed by atoms with E-state index >= 15 is 0 Å². The van der Waals surface area contributed by atoms with Gasteiger partial charge >= 0.3 is 0 Å². The molecule has 2 saturated carbocycles. The highest BCUT2D eigenvalue weighted by Crippen LogP contribution is 2.45. The quantitative estimate of drug-likeness (QED) is 0.825. The van der Waals surface area contributed by atoms with E-state index in [-0.39, 0.29) is 6.04 Å². The second-order valence-electron chi connectivity index (χ2n) is 6.39. The minimum atomic E-state index is 0.290. The van der Waals surface area contributed by atoms with E-state index in [0.717, 1.165) is 17.8 Å². The summed E-state index contributed by atoms with van der Waals surface area (Å²) < 4.78 is 0. The number of fused-ring (bicyclic) bond motifs is 1. The Morgan fingerprint density at radius 3 is 2.67 bits per heavy atom. The van der Waals surface area contributed by atoms with Gasteiger partial charge < -0.3 is 5.73 Å². The summed E-state index contributed by atoms with van der Waals surface area (Å²) in [4.78, 5) is 1.40. The highest BCUT2D eigenvalue weighted by atomic mass is 32.1. The summed E-state index contributed by atoms with van der Waals surface area (Å²) in [6.07, 6.45) is 10.1. The predicted octanol–water partition coefficient (Wildman–Crippen LogP) is 4.66. The van der Waals surface area contributed by atoms with Crippen LogP contribution in [-0.4, -0.2) is 0 Å². The Morgan fingerprint density at radius 2 is 1.94 bits per heavy atom. The Kier molecular flexibility index (Phi) is 3.76. The van der Waals surface area contributed by atoms with Crippen LogP contribution in [0, 0.1) is 24.7 Å². The molecule has 0 spiro atoms. The summed E-state index contributed by atoms with van der Waals surface area (Å²) >= 11 is 1.84. The van der Waals surface area contributed by atoms with Crippen molar-refractivity contribution in [1.29, 1.82) is 0 Å². The normalized spacial score (nSPS) is 34.0. The SMILES string of the molecule is Cc1cc(C(N)C2CCC3CCCCC3C2)cs1. The standard InChI is InChI=1S/C16H25NS/c1-11-8-15(10-18-11)16(17)14-7-6-12-4-2-3-5-13(12)9-14/h8,10,12-14,16H,2-7,9,17H2,1H3. The molecule has 4 unspecified atom stereocenters. The highest BCUT2D eigenvalue weighted by Gasteiger charge is 2.34. The molecule has 1 heterocycles. The summed E-state index contributed by atoms with van der Waals surface area (Å²) in [7, 11) is 0. The molecule has 1 nitrogen and oxygen atoms in total. The van der Waals surface area contributed by atoms with Crippen molar-refractivity contribution in [3.63, 3.8) is 0 Å². The fourth-order valence-electron chi connectivity index (χ4n) is 4.15. The first kappa shape index (κ1) is 12.7. The number of thiophene rings is 1. The van der Waals surface area contributed by atoms with Crippen LogP contribution in [0.3, 0.4) is 0 Å². The van der Waals surface area contributed by atoms with E-state index in [2.05, 4.69) is 18.4 Å². The summed E-state index contributed by atoms with van der Waals surface area (Å²) in [5.41, 5.74) is 7.90. The highest BCUT2D eigenvalue weighted by molar-refractivity contribution is 7.10. The van der Waals surface area contributed by atoms with Crippen LogP contribution in [0.15, 0.2) is 11.4 Å². The van der Waals surface area contributed by atoms with Crippen LogP contribution in [0.5, 0.6) is 0 Å². The Bertz CT molecular complexity index is 398. The number of aryl methyl sites for hydroxylation is 1. The molecule has 100 valence electrons. The zero-order valence-corrected chi connectivity index (χ0v) is 12.2. The molecule has 0 saturated heterocycles. The summed E-state index contributed by atoms with van der Waals surface area (Å²) in [6, 6.07) is 2.58. The molecule has 2 aliphatic carbocycles. The molecule has 2 aliphatic rings. The number of nitrogens with two attached hydrogens (primary N) is 1. The molecule has 0 radical (unpaired) electrons. The number of rotatable bonds is 2. The lowest BCUT2D eigenvalue weighted by atomic mass is 9.66. The van der Waals surface area contributed by atoms with Crippen LogP contribution in [0.1, 0.15) is 61.4 Å². The molecule has 1 aromatic rings. The van der Waals surface area contributed by atoms with Crippen molar-refractivity contribution in [2.75, 3.05) is 0 Å². The van der Waals surface area contributed by atoms with Gasteiger partial charge in [0.25, 0.3) is 0 Å². The van der Waals surface area contributed by atoms with Crippen LogP contribution in [-0.2, 0) is 0 Å². The fourth-order valence-corrected chi connectivity index (χ4v) is 4.90. The van der Waals surface area contributed by atoms with Crippen LogP contribution in [0.2, 0.25) is 0 Å². The lowest BCUT2D eigenvalue weighted by molar-refractivity contribution is 0.117. The molecule has 0 amide bonds. The second kappa shape index (κ2) is 5.34. The zero-order valence-electron chi connectivity index (χ0n) is 11.4. The number of hydrogen-bond donors (Lipinski definition) is 1. The maximum atomic E-state index is 6.51. The molecule has 2 heteroatoms. The van der Waals surface area contributed by atoms with E-state index in [0.29, 0.717) is 0 Å². The summed E-state index contributed by atoms with van der Waals surface area (Å²) in [5, 5.41) is 2.27. The molecular weight excluding hydrogens is 238 g/mol. The third-order valence-electron chi connectivity index (χ3n) is 5.22. The first-order valence-electron chi connectivity index (χ1n) is 7.54.